The molecule has 0 aliphatic rings. The summed E-state index contributed by atoms with van der Waals surface area (Å²) < 4.78 is 42.4. The molecular weight excluding hydrogens is 354 g/mol. The van der Waals surface area contributed by atoms with Crippen molar-refractivity contribution in [2.24, 2.45) is 0 Å². The molecule has 1 aromatic heterocycles. The van der Waals surface area contributed by atoms with Crippen LogP contribution in [-0.4, -0.2) is 12.9 Å². The lowest BCUT2D eigenvalue weighted by molar-refractivity contribution is 0.104. The summed E-state index contributed by atoms with van der Waals surface area (Å²) in [6.07, 6.45) is 2.90. The van der Waals surface area contributed by atoms with Crippen LogP contribution >= 0.6 is 0 Å². The highest BCUT2D eigenvalue weighted by Gasteiger charge is 2.09. The molecular formula is C21H16F2O4. The maximum absolute atomic E-state index is 13.5. The number of carbonyl (C=O) groups is 1. The molecule has 6 heteroatoms. The lowest BCUT2D eigenvalue weighted by atomic mass is 10.1. The molecule has 0 aliphatic heterocycles. The van der Waals surface area contributed by atoms with Crippen molar-refractivity contribution in [3.63, 3.8) is 0 Å². The highest BCUT2D eigenvalue weighted by molar-refractivity contribution is 6.08. The summed E-state index contributed by atoms with van der Waals surface area (Å²) in [5.41, 5.74) is 0.443. The quantitative estimate of drug-likeness (QED) is 0.432. The summed E-state index contributed by atoms with van der Waals surface area (Å²) in [7, 11) is 1.50. The Morgan fingerprint density at radius 2 is 1.89 bits per heavy atom. The van der Waals surface area contributed by atoms with Crippen LogP contribution in [0.2, 0.25) is 0 Å². The van der Waals surface area contributed by atoms with Crippen molar-refractivity contribution >= 4 is 11.9 Å². The number of hydrogen-bond acceptors (Lipinski definition) is 4. The van der Waals surface area contributed by atoms with Gasteiger partial charge in [0.2, 0.25) is 0 Å². The molecule has 0 aliphatic carbocycles. The Balaban J connectivity index is 1.63. The fraction of sp³-hybridized carbons (Fsp3) is 0.0952. The van der Waals surface area contributed by atoms with Crippen molar-refractivity contribution in [2.75, 3.05) is 7.11 Å². The second kappa shape index (κ2) is 8.31. The van der Waals surface area contributed by atoms with E-state index in [1.807, 2.05) is 0 Å². The largest absolute Gasteiger partial charge is 0.496 e. The monoisotopic (exact) mass is 370 g/mol. The van der Waals surface area contributed by atoms with Crippen molar-refractivity contribution in [2.45, 2.75) is 6.61 Å². The Labute approximate surface area is 154 Å². The Morgan fingerprint density at radius 1 is 1.07 bits per heavy atom. The Bertz CT molecular complexity index is 976. The summed E-state index contributed by atoms with van der Waals surface area (Å²) in [6.45, 7) is -0.0309. The van der Waals surface area contributed by atoms with E-state index in [1.165, 1.54) is 25.3 Å². The van der Waals surface area contributed by atoms with E-state index in [9.17, 15) is 13.6 Å². The first-order valence-corrected chi connectivity index (χ1v) is 8.09. The van der Waals surface area contributed by atoms with Crippen LogP contribution in [0, 0.1) is 11.6 Å². The second-order valence-corrected chi connectivity index (χ2v) is 5.57. The minimum atomic E-state index is -0.788. The summed E-state index contributed by atoms with van der Waals surface area (Å²) in [4.78, 5) is 12.3. The first kappa shape index (κ1) is 18.4. The number of furan rings is 1. The molecule has 2 aromatic carbocycles. The second-order valence-electron chi connectivity index (χ2n) is 5.57. The molecule has 1 heterocycles. The van der Waals surface area contributed by atoms with Gasteiger partial charge in [-0.1, -0.05) is 12.1 Å². The molecule has 4 nitrogen and oxygen atoms in total. The number of rotatable bonds is 7. The van der Waals surface area contributed by atoms with Crippen LogP contribution in [0.25, 0.3) is 6.08 Å². The number of ether oxygens (including phenoxy) is 2. The lowest BCUT2D eigenvalue weighted by Gasteiger charge is -2.05. The van der Waals surface area contributed by atoms with E-state index in [0.29, 0.717) is 22.8 Å². The molecule has 0 amide bonds. The number of para-hydroxylation sites is 1. The normalized spacial score (nSPS) is 10.9. The molecule has 3 aromatic rings. The predicted octanol–water partition coefficient (Wildman–Crippen LogP) is 5.04. The summed E-state index contributed by atoms with van der Waals surface area (Å²) in [6, 6.07) is 13.3. The van der Waals surface area contributed by atoms with E-state index in [4.69, 9.17) is 13.9 Å². The van der Waals surface area contributed by atoms with Crippen LogP contribution in [0.3, 0.4) is 0 Å². The van der Waals surface area contributed by atoms with Gasteiger partial charge < -0.3 is 13.9 Å². The summed E-state index contributed by atoms with van der Waals surface area (Å²) in [5.74, 6) is -0.401. The highest BCUT2D eigenvalue weighted by Crippen LogP contribution is 2.21. The lowest BCUT2D eigenvalue weighted by Crippen LogP contribution is -1.98. The molecule has 0 spiro atoms. The Morgan fingerprint density at radius 3 is 2.67 bits per heavy atom. The van der Waals surface area contributed by atoms with Gasteiger partial charge in [-0.2, -0.15) is 0 Å². The van der Waals surface area contributed by atoms with Gasteiger partial charge in [-0.15, -0.1) is 0 Å². The average Bonchev–Trinajstić information content (AvgIpc) is 3.13. The molecule has 0 saturated carbocycles. The predicted molar refractivity (Wildman–Crippen MR) is 95.8 cm³/mol. The number of carbonyl (C=O) groups excluding carboxylic acids is 1. The third kappa shape index (κ3) is 4.61. The molecule has 0 fully saturated rings. The fourth-order valence-electron chi connectivity index (χ4n) is 2.40. The number of hydrogen-bond donors (Lipinski definition) is 0. The van der Waals surface area contributed by atoms with Crippen LogP contribution in [-0.2, 0) is 6.61 Å². The van der Waals surface area contributed by atoms with Gasteiger partial charge in [0, 0.05) is 6.07 Å². The first-order valence-electron chi connectivity index (χ1n) is 8.09. The van der Waals surface area contributed by atoms with Crippen LogP contribution in [0.5, 0.6) is 11.5 Å². The van der Waals surface area contributed by atoms with Gasteiger partial charge in [0.15, 0.2) is 17.3 Å². The number of methoxy groups -OCH3 is 1. The average molecular weight is 370 g/mol. The molecule has 0 unspecified atom stereocenters. The SMILES string of the molecule is COc1ccccc1C(=O)/C=C/c1ccc(COc2ccc(F)cc2F)o1. The summed E-state index contributed by atoms with van der Waals surface area (Å²) >= 11 is 0. The molecule has 27 heavy (non-hydrogen) atoms. The first-order chi connectivity index (χ1) is 13.1. The Hall–Kier alpha value is -3.41. The van der Waals surface area contributed by atoms with Gasteiger partial charge >= 0.3 is 0 Å². The maximum atomic E-state index is 13.5. The highest BCUT2D eigenvalue weighted by atomic mass is 19.1. The third-order valence-electron chi connectivity index (χ3n) is 3.72. The molecule has 138 valence electrons. The van der Waals surface area contributed by atoms with E-state index in [0.717, 1.165) is 12.1 Å². The van der Waals surface area contributed by atoms with E-state index in [1.54, 1.807) is 36.4 Å². The van der Waals surface area contributed by atoms with E-state index >= 15 is 0 Å². The molecule has 0 bridgehead atoms. The zero-order chi connectivity index (χ0) is 19.2. The van der Waals surface area contributed by atoms with E-state index < -0.39 is 11.6 Å². The number of halogens is 2. The van der Waals surface area contributed by atoms with Crippen molar-refractivity contribution in [1.29, 1.82) is 0 Å². The molecule has 0 radical (unpaired) electrons. The van der Waals surface area contributed by atoms with Crippen LogP contribution in [0.15, 0.2) is 65.1 Å². The van der Waals surface area contributed by atoms with Crippen LogP contribution in [0.4, 0.5) is 8.78 Å². The molecule has 0 N–H and O–H groups in total. The smallest absolute Gasteiger partial charge is 0.189 e. The third-order valence-corrected chi connectivity index (χ3v) is 3.72. The topological polar surface area (TPSA) is 48.7 Å². The molecule has 3 rings (SSSR count). The van der Waals surface area contributed by atoms with Crippen molar-refractivity contribution in [3.05, 3.63) is 89.4 Å². The summed E-state index contributed by atoms with van der Waals surface area (Å²) in [5, 5.41) is 0. The standard InChI is InChI=1S/C21H16F2O4/c1-25-20-5-3-2-4-17(20)19(24)10-9-15-7-8-16(27-15)13-26-21-11-6-14(22)12-18(21)23/h2-12H,13H2,1H3/b10-9+. The number of allylic oxidation sites excluding steroid dienone is 1. The van der Waals surface area contributed by atoms with Gasteiger partial charge in [0.25, 0.3) is 0 Å². The number of ketones is 1. The minimum Gasteiger partial charge on any atom is -0.496 e. The molecule has 0 atom stereocenters. The van der Waals surface area contributed by atoms with Crippen molar-refractivity contribution in [1.82, 2.24) is 0 Å². The van der Waals surface area contributed by atoms with E-state index in [2.05, 4.69) is 0 Å². The maximum Gasteiger partial charge on any atom is 0.189 e. The fourth-order valence-corrected chi connectivity index (χ4v) is 2.40. The van der Waals surface area contributed by atoms with Crippen LogP contribution in [0.1, 0.15) is 21.9 Å². The van der Waals surface area contributed by atoms with Gasteiger partial charge in [-0.3, -0.25) is 4.79 Å². The van der Waals surface area contributed by atoms with E-state index in [-0.39, 0.29) is 18.1 Å². The zero-order valence-electron chi connectivity index (χ0n) is 14.4. The van der Waals surface area contributed by atoms with Gasteiger partial charge in [-0.25, -0.2) is 8.78 Å². The van der Waals surface area contributed by atoms with Gasteiger partial charge in [-0.05, 0) is 48.6 Å². The van der Waals surface area contributed by atoms with Gasteiger partial charge in [0.1, 0.15) is 29.7 Å². The Kier molecular flexibility index (Phi) is 5.66. The van der Waals surface area contributed by atoms with Crippen LogP contribution < -0.4 is 9.47 Å². The zero-order valence-corrected chi connectivity index (χ0v) is 14.4. The van der Waals surface area contributed by atoms with Crippen molar-refractivity contribution in [3.8, 4) is 11.5 Å². The number of benzene rings is 2. The minimum absolute atomic E-state index is 0.0309. The molecule has 0 saturated heterocycles. The van der Waals surface area contributed by atoms with Crippen molar-refractivity contribution < 1.29 is 27.5 Å². The van der Waals surface area contributed by atoms with Gasteiger partial charge in [0.05, 0.1) is 12.7 Å².